The second-order valence-electron chi connectivity index (χ2n) is 4.10. The monoisotopic (exact) mass is 298 g/mol. The summed E-state index contributed by atoms with van der Waals surface area (Å²) in [6.07, 6.45) is -0.127. The second-order valence-corrected chi connectivity index (χ2v) is 4.51. The van der Waals surface area contributed by atoms with Crippen LogP contribution < -0.4 is 15.2 Å². The van der Waals surface area contributed by atoms with Crippen molar-refractivity contribution in [1.82, 2.24) is 15.0 Å². The highest BCUT2D eigenvalue weighted by atomic mass is 35.5. The smallest absolute Gasteiger partial charge is 0.330 e. The van der Waals surface area contributed by atoms with Crippen LogP contribution in [0.3, 0.4) is 0 Å². The summed E-state index contributed by atoms with van der Waals surface area (Å²) in [7, 11) is 0. The number of hydrogen-bond acceptors (Lipinski definition) is 6. The van der Waals surface area contributed by atoms with Crippen molar-refractivity contribution in [3.05, 3.63) is 29.0 Å². The number of anilines is 1. The molecule has 0 atom stereocenters. The molecule has 2 aromatic rings. The van der Waals surface area contributed by atoms with E-state index in [1.807, 2.05) is 13.8 Å². The van der Waals surface area contributed by atoms with E-state index in [0.29, 0.717) is 0 Å². The van der Waals surface area contributed by atoms with Crippen molar-refractivity contribution in [2.24, 2.45) is 0 Å². The fourth-order valence-electron chi connectivity index (χ4n) is 1.31. The summed E-state index contributed by atoms with van der Waals surface area (Å²) in [6, 6.07) is 3.91. The maximum Gasteiger partial charge on any atom is 0.330 e. The van der Waals surface area contributed by atoms with Crippen LogP contribution in [0.25, 0.3) is 0 Å². The molecule has 0 aliphatic heterocycles. The molecule has 8 heteroatoms. The van der Waals surface area contributed by atoms with Gasteiger partial charge in [-0.1, -0.05) is 11.6 Å². The zero-order valence-corrected chi connectivity index (χ0v) is 11.6. The first-order chi connectivity index (χ1) is 9.44. The van der Waals surface area contributed by atoms with Crippen molar-refractivity contribution in [1.29, 1.82) is 0 Å². The van der Waals surface area contributed by atoms with E-state index in [-0.39, 0.29) is 34.8 Å². The summed E-state index contributed by atoms with van der Waals surface area (Å²) in [5, 5.41) is -0.00339. The molecule has 0 bridgehead atoms. The molecule has 0 amide bonds. The maximum absolute atomic E-state index is 13.3. The largest absolute Gasteiger partial charge is 0.461 e. The van der Waals surface area contributed by atoms with Gasteiger partial charge in [0.2, 0.25) is 5.95 Å². The summed E-state index contributed by atoms with van der Waals surface area (Å²) in [5.74, 6) is -0.474. The van der Waals surface area contributed by atoms with Crippen molar-refractivity contribution in [3.8, 4) is 17.8 Å². The Bertz CT molecular complexity index is 624. The lowest BCUT2D eigenvalue weighted by atomic mass is 10.3. The highest BCUT2D eigenvalue weighted by Gasteiger charge is 2.10. The van der Waals surface area contributed by atoms with E-state index >= 15 is 0 Å². The topological polar surface area (TPSA) is 83.2 Å². The molecule has 0 spiro atoms. The van der Waals surface area contributed by atoms with Crippen molar-refractivity contribution in [2.45, 2.75) is 20.0 Å². The molecule has 2 N–H and O–H groups in total. The zero-order chi connectivity index (χ0) is 14.7. The fraction of sp³-hybridized carbons (Fsp3) is 0.250. The quantitative estimate of drug-likeness (QED) is 0.934. The lowest BCUT2D eigenvalue weighted by Gasteiger charge is -2.09. The second kappa shape index (κ2) is 5.87. The van der Waals surface area contributed by atoms with Gasteiger partial charge in [-0.25, -0.2) is 4.39 Å². The average molecular weight is 299 g/mol. The molecule has 1 aromatic carbocycles. The Balaban J connectivity index is 2.24. The minimum absolute atomic E-state index is 0.00339. The Labute approximate surface area is 119 Å². The minimum Gasteiger partial charge on any atom is -0.461 e. The summed E-state index contributed by atoms with van der Waals surface area (Å²) in [5.41, 5.74) is 5.53. The summed E-state index contributed by atoms with van der Waals surface area (Å²) < 4.78 is 23.9. The normalized spacial score (nSPS) is 10.7. The molecule has 0 saturated heterocycles. The number of halogens is 2. The molecule has 1 heterocycles. The van der Waals surface area contributed by atoms with Gasteiger partial charge in [-0.2, -0.15) is 9.97 Å². The fourth-order valence-corrected chi connectivity index (χ4v) is 1.43. The highest BCUT2D eigenvalue weighted by molar-refractivity contribution is 6.30. The molecule has 2 rings (SSSR count). The third-order valence-electron chi connectivity index (χ3n) is 2.05. The first-order valence-corrected chi connectivity index (χ1v) is 6.13. The molecule has 0 aliphatic carbocycles. The standard InChI is InChI=1S/C12H12ClFN4O2/c1-6(2)19-11-16-10(15)17-12(18-11)20-7-3-4-8(13)9(14)5-7/h3-6H,1-2H3,(H2,15,16,17,18). The Hall–Kier alpha value is -2.15. The third-order valence-corrected chi connectivity index (χ3v) is 2.36. The van der Waals surface area contributed by atoms with Crippen LogP contribution in [-0.2, 0) is 0 Å². The Morgan fingerprint density at radius 2 is 1.90 bits per heavy atom. The molecule has 6 nitrogen and oxygen atoms in total. The molecule has 0 aliphatic rings. The minimum atomic E-state index is -0.607. The Kier molecular flexibility index (Phi) is 4.19. The van der Waals surface area contributed by atoms with Crippen molar-refractivity contribution in [3.63, 3.8) is 0 Å². The van der Waals surface area contributed by atoms with Crippen LogP contribution >= 0.6 is 11.6 Å². The third kappa shape index (κ3) is 3.67. The number of hydrogen-bond donors (Lipinski definition) is 1. The van der Waals surface area contributed by atoms with Gasteiger partial charge in [0.25, 0.3) is 0 Å². The lowest BCUT2D eigenvalue weighted by Crippen LogP contribution is -2.11. The number of nitrogens with two attached hydrogens (primary N) is 1. The van der Waals surface area contributed by atoms with Crippen molar-refractivity contribution in [2.75, 3.05) is 5.73 Å². The highest BCUT2D eigenvalue weighted by Crippen LogP contribution is 2.24. The van der Waals surface area contributed by atoms with E-state index in [1.165, 1.54) is 12.1 Å². The summed E-state index contributed by atoms with van der Waals surface area (Å²) in [6.45, 7) is 3.63. The van der Waals surface area contributed by atoms with Gasteiger partial charge in [0, 0.05) is 6.07 Å². The zero-order valence-electron chi connectivity index (χ0n) is 10.8. The number of rotatable bonds is 4. The Morgan fingerprint density at radius 1 is 1.20 bits per heavy atom. The summed E-state index contributed by atoms with van der Waals surface area (Å²) >= 11 is 5.58. The van der Waals surface area contributed by atoms with Crippen molar-refractivity contribution < 1.29 is 13.9 Å². The SMILES string of the molecule is CC(C)Oc1nc(N)nc(Oc2ccc(Cl)c(F)c2)n1. The predicted molar refractivity (Wildman–Crippen MR) is 71.5 cm³/mol. The van der Waals surface area contributed by atoms with Crippen LogP contribution in [0.5, 0.6) is 17.8 Å². The van der Waals surface area contributed by atoms with Gasteiger partial charge in [0.15, 0.2) is 0 Å². The predicted octanol–water partition coefficient (Wildman–Crippen LogP) is 2.83. The first kappa shape index (κ1) is 14.3. The van der Waals surface area contributed by atoms with E-state index < -0.39 is 5.82 Å². The Morgan fingerprint density at radius 3 is 2.55 bits per heavy atom. The van der Waals surface area contributed by atoms with Gasteiger partial charge >= 0.3 is 12.0 Å². The lowest BCUT2D eigenvalue weighted by molar-refractivity contribution is 0.219. The molecular formula is C12H12ClFN4O2. The van der Waals surface area contributed by atoms with E-state index in [4.69, 9.17) is 26.8 Å². The first-order valence-electron chi connectivity index (χ1n) is 5.75. The van der Waals surface area contributed by atoms with Crippen LogP contribution in [0.1, 0.15) is 13.8 Å². The molecule has 1 aromatic heterocycles. The number of nitrogen functional groups attached to an aromatic ring is 1. The van der Waals surface area contributed by atoms with Gasteiger partial charge in [0.05, 0.1) is 11.1 Å². The van der Waals surface area contributed by atoms with Crippen LogP contribution in [0.2, 0.25) is 5.02 Å². The van der Waals surface area contributed by atoms with Gasteiger partial charge in [-0.05, 0) is 26.0 Å². The molecule has 0 fully saturated rings. The van der Waals surface area contributed by atoms with Gasteiger partial charge in [-0.15, -0.1) is 4.98 Å². The molecule has 0 radical (unpaired) electrons. The van der Waals surface area contributed by atoms with E-state index in [0.717, 1.165) is 6.07 Å². The molecular weight excluding hydrogens is 287 g/mol. The average Bonchev–Trinajstić information content (AvgIpc) is 2.32. The maximum atomic E-state index is 13.3. The van der Waals surface area contributed by atoms with Crippen molar-refractivity contribution >= 4 is 17.5 Å². The van der Waals surface area contributed by atoms with Crippen LogP contribution in [0.15, 0.2) is 18.2 Å². The number of benzene rings is 1. The van der Waals surface area contributed by atoms with E-state index in [1.54, 1.807) is 0 Å². The van der Waals surface area contributed by atoms with Gasteiger partial charge in [-0.3, -0.25) is 0 Å². The molecule has 0 saturated carbocycles. The summed E-state index contributed by atoms with van der Waals surface area (Å²) in [4.78, 5) is 11.5. The molecule has 0 unspecified atom stereocenters. The number of aromatic nitrogens is 3. The van der Waals surface area contributed by atoms with Gasteiger partial charge in [0.1, 0.15) is 11.6 Å². The molecule has 106 valence electrons. The van der Waals surface area contributed by atoms with Crippen LogP contribution in [-0.4, -0.2) is 21.1 Å². The molecule has 20 heavy (non-hydrogen) atoms. The van der Waals surface area contributed by atoms with E-state index in [9.17, 15) is 4.39 Å². The van der Waals surface area contributed by atoms with Crippen LogP contribution in [0.4, 0.5) is 10.3 Å². The van der Waals surface area contributed by atoms with Crippen LogP contribution in [0, 0.1) is 5.82 Å². The van der Waals surface area contributed by atoms with Gasteiger partial charge < -0.3 is 15.2 Å². The number of ether oxygens (including phenoxy) is 2. The van der Waals surface area contributed by atoms with E-state index in [2.05, 4.69) is 15.0 Å². The number of nitrogens with zero attached hydrogens (tertiary/aromatic N) is 3.